The van der Waals surface area contributed by atoms with Gasteiger partial charge in [0.15, 0.2) is 6.10 Å². The number of anilines is 1. The number of carbonyl (C=O) groups excluding carboxylic acids is 1. The maximum Gasteiger partial charge on any atom is 0.265 e. The summed E-state index contributed by atoms with van der Waals surface area (Å²) < 4.78 is 11.5. The number of nitrogens with one attached hydrogen (secondary N) is 1. The largest absolute Gasteiger partial charge is 0.495 e. The lowest BCUT2D eigenvalue weighted by Gasteiger charge is -2.16. The number of hydrogen-bond acceptors (Lipinski definition) is 3. The second-order valence-corrected chi connectivity index (χ2v) is 5.79. The van der Waals surface area contributed by atoms with Crippen molar-refractivity contribution in [2.24, 2.45) is 0 Å². The van der Waals surface area contributed by atoms with Gasteiger partial charge in [-0.2, -0.15) is 0 Å². The van der Waals surface area contributed by atoms with Gasteiger partial charge in [0, 0.05) is 5.69 Å². The lowest BCUT2D eigenvalue weighted by Crippen LogP contribution is -2.30. The van der Waals surface area contributed by atoms with Gasteiger partial charge in [0.2, 0.25) is 0 Å². The highest BCUT2D eigenvalue weighted by Crippen LogP contribution is 2.28. The van der Waals surface area contributed by atoms with E-state index in [-0.39, 0.29) is 5.91 Å². The zero-order valence-corrected chi connectivity index (χ0v) is 14.4. The molecule has 0 aliphatic carbocycles. The third-order valence-corrected chi connectivity index (χ3v) is 3.88. The number of hydrogen-bond donors (Lipinski definition) is 1. The molecule has 0 aliphatic rings. The van der Waals surface area contributed by atoms with Gasteiger partial charge in [-0.15, -0.1) is 0 Å². The Hall–Kier alpha value is -1.72. The first-order valence-corrected chi connectivity index (χ1v) is 7.74. The van der Waals surface area contributed by atoms with Gasteiger partial charge in [0.05, 0.1) is 16.6 Å². The van der Waals surface area contributed by atoms with Crippen LogP contribution in [-0.2, 0) is 4.79 Å². The predicted octanol–water partition coefficient (Wildman–Crippen LogP) is 4.52. The van der Waals surface area contributed by atoms with Gasteiger partial charge in [0.1, 0.15) is 11.5 Å². The third-order valence-electron chi connectivity index (χ3n) is 2.93. The molecule has 0 saturated carbocycles. The summed E-state index contributed by atoms with van der Waals surface area (Å²) in [5.41, 5.74) is 0.582. The van der Waals surface area contributed by atoms with E-state index in [1.54, 1.807) is 31.2 Å². The van der Waals surface area contributed by atoms with E-state index in [1.165, 1.54) is 7.11 Å². The summed E-state index contributed by atoms with van der Waals surface area (Å²) in [5, 5.41) is 3.18. The van der Waals surface area contributed by atoms with Gasteiger partial charge in [-0.3, -0.25) is 4.79 Å². The van der Waals surface area contributed by atoms with Crippen LogP contribution in [0.4, 0.5) is 5.69 Å². The fourth-order valence-electron chi connectivity index (χ4n) is 1.77. The van der Waals surface area contributed by atoms with Crippen LogP contribution in [0.15, 0.2) is 46.9 Å². The number of rotatable bonds is 5. The average molecular weight is 385 g/mol. The van der Waals surface area contributed by atoms with Crippen LogP contribution in [0.1, 0.15) is 6.92 Å². The minimum atomic E-state index is -0.653. The lowest BCUT2D eigenvalue weighted by molar-refractivity contribution is -0.122. The summed E-state index contributed by atoms with van der Waals surface area (Å²) >= 11 is 9.41. The molecule has 116 valence electrons. The van der Waals surface area contributed by atoms with E-state index in [0.29, 0.717) is 22.2 Å². The van der Waals surface area contributed by atoms with E-state index in [0.717, 1.165) is 4.47 Å². The molecule has 2 aromatic carbocycles. The molecule has 0 heterocycles. The van der Waals surface area contributed by atoms with E-state index in [2.05, 4.69) is 21.2 Å². The van der Waals surface area contributed by atoms with Crippen LogP contribution in [0, 0.1) is 0 Å². The first kappa shape index (κ1) is 16.6. The van der Waals surface area contributed by atoms with E-state index in [4.69, 9.17) is 21.1 Å². The molecule has 0 bridgehead atoms. The number of amides is 1. The van der Waals surface area contributed by atoms with Gasteiger partial charge in [0.25, 0.3) is 5.91 Å². The van der Waals surface area contributed by atoms with Crippen LogP contribution in [0.5, 0.6) is 11.5 Å². The molecular formula is C16H15BrClNO3. The predicted molar refractivity (Wildman–Crippen MR) is 90.9 cm³/mol. The molecular weight excluding hydrogens is 370 g/mol. The molecule has 0 fully saturated rings. The summed E-state index contributed by atoms with van der Waals surface area (Å²) in [6, 6.07) is 12.4. The van der Waals surface area contributed by atoms with Crippen molar-refractivity contribution >= 4 is 39.1 Å². The van der Waals surface area contributed by atoms with Crippen LogP contribution >= 0.6 is 27.5 Å². The Morgan fingerprint density at radius 2 is 1.95 bits per heavy atom. The topological polar surface area (TPSA) is 47.6 Å². The molecule has 0 spiro atoms. The van der Waals surface area contributed by atoms with Crippen molar-refractivity contribution in [1.29, 1.82) is 0 Å². The normalized spacial score (nSPS) is 11.6. The number of methoxy groups -OCH3 is 1. The number of para-hydroxylation sites is 1. The molecule has 1 unspecified atom stereocenters. The van der Waals surface area contributed by atoms with Crippen molar-refractivity contribution in [3.63, 3.8) is 0 Å². The highest BCUT2D eigenvalue weighted by molar-refractivity contribution is 9.10. The van der Waals surface area contributed by atoms with Crippen LogP contribution < -0.4 is 14.8 Å². The van der Waals surface area contributed by atoms with E-state index < -0.39 is 6.10 Å². The molecule has 22 heavy (non-hydrogen) atoms. The minimum Gasteiger partial charge on any atom is -0.495 e. The lowest BCUT2D eigenvalue weighted by atomic mass is 10.2. The summed E-state index contributed by atoms with van der Waals surface area (Å²) in [4.78, 5) is 12.2. The van der Waals surface area contributed by atoms with Crippen LogP contribution in [0.2, 0.25) is 5.02 Å². The van der Waals surface area contributed by atoms with Gasteiger partial charge in [-0.05, 0) is 53.2 Å². The van der Waals surface area contributed by atoms with Crippen LogP contribution in [0.25, 0.3) is 0 Å². The standard InChI is InChI=1S/C16H15BrClNO3/c1-10(22-14-6-4-3-5-12(14)17)16(20)19-11-7-8-15(21-2)13(18)9-11/h3-10H,1-2H3,(H,19,20). The number of ether oxygens (including phenoxy) is 2. The molecule has 0 saturated heterocycles. The molecule has 0 aliphatic heterocycles. The van der Waals surface area contributed by atoms with Gasteiger partial charge >= 0.3 is 0 Å². The highest BCUT2D eigenvalue weighted by Gasteiger charge is 2.16. The van der Waals surface area contributed by atoms with Crippen LogP contribution in [-0.4, -0.2) is 19.1 Å². The fraction of sp³-hybridized carbons (Fsp3) is 0.188. The molecule has 4 nitrogen and oxygen atoms in total. The van der Waals surface area contributed by atoms with Gasteiger partial charge in [-0.1, -0.05) is 23.7 Å². The van der Waals surface area contributed by atoms with Crippen molar-refractivity contribution in [1.82, 2.24) is 0 Å². The van der Waals surface area contributed by atoms with E-state index in [1.807, 2.05) is 18.2 Å². The average Bonchev–Trinajstić information content (AvgIpc) is 2.49. The quantitative estimate of drug-likeness (QED) is 0.824. The third kappa shape index (κ3) is 4.15. The van der Waals surface area contributed by atoms with Crippen LogP contribution in [0.3, 0.4) is 0 Å². The maximum absolute atomic E-state index is 12.2. The second kappa shape index (κ2) is 7.51. The Balaban J connectivity index is 2.02. The molecule has 0 aromatic heterocycles. The number of carbonyl (C=O) groups is 1. The first-order chi connectivity index (χ1) is 10.5. The number of benzene rings is 2. The van der Waals surface area contributed by atoms with E-state index >= 15 is 0 Å². The van der Waals surface area contributed by atoms with Crippen molar-refractivity contribution in [3.8, 4) is 11.5 Å². The monoisotopic (exact) mass is 383 g/mol. The summed E-state index contributed by atoms with van der Waals surface area (Å²) in [6.45, 7) is 1.68. The zero-order chi connectivity index (χ0) is 16.1. The SMILES string of the molecule is COc1ccc(NC(=O)C(C)Oc2ccccc2Br)cc1Cl. The van der Waals surface area contributed by atoms with Gasteiger partial charge < -0.3 is 14.8 Å². The van der Waals surface area contributed by atoms with Gasteiger partial charge in [-0.25, -0.2) is 0 Å². The Morgan fingerprint density at radius 3 is 2.59 bits per heavy atom. The van der Waals surface area contributed by atoms with E-state index in [9.17, 15) is 4.79 Å². The second-order valence-electron chi connectivity index (χ2n) is 4.53. The molecule has 6 heteroatoms. The molecule has 1 N–H and O–H groups in total. The number of halogens is 2. The van der Waals surface area contributed by atoms with Crippen molar-refractivity contribution in [3.05, 3.63) is 52.0 Å². The summed E-state index contributed by atoms with van der Waals surface area (Å²) in [6.07, 6.45) is -0.653. The fourth-order valence-corrected chi connectivity index (χ4v) is 2.41. The Morgan fingerprint density at radius 1 is 1.23 bits per heavy atom. The Bertz CT molecular complexity index is 678. The molecule has 1 atom stereocenters. The van der Waals surface area contributed by atoms with Crippen molar-refractivity contribution < 1.29 is 14.3 Å². The molecule has 0 radical (unpaired) electrons. The minimum absolute atomic E-state index is 0.267. The summed E-state index contributed by atoms with van der Waals surface area (Å²) in [7, 11) is 1.53. The highest BCUT2D eigenvalue weighted by atomic mass is 79.9. The summed E-state index contributed by atoms with van der Waals surface area (Å²) in [5.74, 6) is 0.895. The molecule has 2 aromatic rings. The molecule has 2 rings (SSSR count). The maximum atomic E-state index is 12.2. The first-order valence-electron chi connectivity index (χ1n) is 6.57. The Kier molecular flexibility index (Phi) is 5.69. The Labute approximate surface area is 142 Å². The smallest absolute Gasteiger partial charge is 0.265 e. The van der Waals surface area contributed by atoms with Crippen molar-refractivity contribution in [2.75, 3.05) is 12.4 Å². The molecule has 1 amide bonds. The zero-order valence-electron chi connectivity index (χ0n) is 12.1. The van der Waals surface area contributed by atoms with Crippen molar-refractivity contribution in [2.45, 2.75) is 13.0 Å².